The molecule has 0 saturated carbocycles. The van der Waals surface area contributed by atoms with Gasteiger partial charge in [-0.1, -0.05) is 72.2 Å². The van der Waals surface area contributed by atoms with Gasteiger partial charge in [-0.05, 0) is 59.7 Å². The van der Waals surface area contributed by atoms with Gasteiger partial charge in [0.2, 0.25) is 0 Å². The minimum atomic E-state index is -2.84. The topological polar surface area (TPSA) is 55.4 Å². The van der Waals surface area contributed by atoms with Crippen LogP contribution >= 0.6 is 0 Å². The van der Waals surface area contributed by atoms with Gasteiger partial charge in [0.1, 0.15) is 0 Å². The van der Waals surface area contributed by atoms with Crippen LogP contribution in [0.3, 0.4) is 0 Å². The molecule has 4 rings (SSSR count). The van der Waals surface area contributed by atoms with Gasteiger partial charge in [-0.3, -0.25) is 0 Å². The quantitative estimate of drug-likeness (QED) is 0.213. The molecule has 0 aromatic heterocycles. The Balaban J connectivity index is 1.41. The maximum absolute atomic E-state index is 5.54. The minimum absolute atomic E-state index is 0.890. The number of hydrogen-bond acceptors (Lipinski definition) is 6. The zero-order valence-electron chi connectivity index (χ0n) is 24.7. The summed E-state index contributed by atoms with van der Waals surface area (Å²) in [5.74, 6) is 12.9. The molecule has 0 amide bonds. The van der Waals surface area contributed by atoms with Gasteiger partial charge >= 0.3 is 17.6 Å². The molecule has 0 N–H and O–H groups in total. The molecular formula is C34H34O6Si2. The van der Waals surface area contributed by atoms with Gasteiger partial charge in [0.25, 0.3) is 0 Å². The lowest BCUT2D eigenvalue weighted by Gasteiger charge is -2.24. The Morgan fingerprint density at radius 3 is 0.762 bits per heavy atom. The van der Waals surface area contributed by atoms with E-state index in [-0.39, 0.29) is 0 Å². The first kappa shape index (κ1) is 31.1. The molecule has 0 bridgehead atoms. The summed E-state index contributed by atoms with van der Waals surface area (Å²) in [6.07, 6.45) is 0. The van der Waals surface area contributed by atoms with Crippen molar-refractivity contribution in [2.45, 2.75) is 0 Å². The largest absolute Gasteiger partial charge is 0.536 e. The van der Waals surface area contributed by atoms with Crippen LogP contribution in [0.1, 0.15) is 22.3 Å². The third-order valence-electron chi connectivity index (χ3n) is 6.89. The van der Waals surface area contributed by atoms with Gasteiger partial charge in [-0.15, -0.1) is 0 Å². The molecule has 0 atom stereocenters. The Labute approximate surface area is 250 Å². The monoisotopic (exact) mass is 594 g/mol. The van der Waals surface area contributed by atoms with Crippen LogP contribution in [0, 0.1) is 23.7 Å². The second kappa shape index (κ2) is 14.4. The van der Waals surface area contributed by atoms with E-state index in [1.165, 1.54) is 0 Å². The van der Waals surface area contributed by atoms with E-state index >= 15 is 0 Å². The average molecular weight is 595 g/mol. The predicted molar refractivity (Wildman–Crippen MR) is 170 cm³/mol. The predicted octanol–water partition coefficient (Wildman–Crippen LogP) is 4.32. The van der Waals surface area contributed by atoms with E-state index in [0.717, 1.165) is 43.8 Å². The maximum atomic E-state index is 5.54. The number of rotatable bonds is 9. The lowest BCUT2D eigenvalue weighted by atomic mass is 10.0. The summed E-state index contributed by atoms with van der Waals surface area (Å²) in [6, 6.07) is 32.0. The van der Waals surface area contributed by atoms with E-state index in [0.29, 0.717) is 0 Å². The Hall–Kier alpha value is -3.81. The van der Waals surface area contributed by atoms with Crippen LogP contribution in [0.5, 0.6) is 0 Å². The Kier molecular flexibility index (Phi) is 10.7. The first-order valence-electron chi connectivity index (χ1n) is 13.2. The summed E-state index contributed by atoms with van der Waals surface area (Å²) in [6.45, 7) is 0. The SMILES string of the molecule is CO[Si](OC)(OC)c1ccc(C#Cc2ccc(-c3ccc(C#Cc4ccc([Si](OC)(OC)OC)cc4)cc3)cc2)cc1. The highest BCUT2D eigenvalue weighted by molar-refractivity contribution is 6.75. The highest BCUT2D eigenvalue weighted by atomic mass is 28.4. The second-order valence-electron chi connectivity index (χ2n) is 9.15. The van der Waals surface area contributed by atoms with Crippen molar-refractivity contribution in [2.24, 2.45) is 0 Å². The average Bonchev–Trinajstić information content (AvgIpc) is 3.06. The van der Waals surface area contributed by atoms with Gasteiger partial charge in [0.05, 0.1) is 0 Å². The normalized spacial score (nSPS) is 11.3. The number of benzene rings is 4. The first-order chi connectivity index (χ1) is 20.4. The van der Waals surface area contributed by atoms with Gasteiger partial charge in [0.15, 0.2) is 0 Å². The molecule has 0 spiro atoms. The van der Waals surface area contributed by atoms with Crippen molar-refractivity contribution in [3.05, 3.63) is 119 Å². The molecule has 0 fully saturated rings. The third-order valence-corrected chi connectivity index (χ3v) is 12.2. The summed E-state index contributed by atoms with van der Waals surface area (Å²) < 4.78 is 33.2. The molecule has 8 heteroatoms. The van der Waals surface area contributed by atoms with Crippen LogP contribution in [-0.2, 0) is 26.6 Å². The summed E-state index contributed by atoms with van der Waals surface area (Å²) in [7, 11) is 3.90. The summed E-state index contributed by atoms with van der Waals surface area (Å²) in [5.41, 5.74) is 5.90. The van der Waals surface area contributed by atoms with E-state index < -0.39 is 17.6 Å². The summed E-state index contributed by atoms with van der Waals surface area (Å²) >= 11 is 0. The zero-order chi connectivity index (χ0) is 30.0. The van der Waals surface area contributed by atoms with Crippen LogP contribution in [0.4, 0.5) is 0 Å². The van der Waals surface area contributed by atoms with Crippen molar-refractivity contribution in [3.8, 4) is 34.8 Å². The van der Waals surface area contributed by atoms with Crippen LogP contribution in [0.15, 0.2) is 97.1 Å². The molecule has 0 aliphatic carbocycles. The molecule has 0 heterocycles. The maximum Gasteiger partial charge on any atom is 0.536 e. The van der Waals surface area contributed by atoms with E-state index in [1.54, 1.807) is 42.7 Å². The van der Waals surface area contributed by atoms with Crippen molar-refractivity contribution in [1.29, 1.82) is 0 Å². The van der Waals surface area contributed by atoms with Gasteiger partial charge < -0.3 is 26.6 Å². The molecule has 42 heavy (non-hydrogen) atoms. The van der Waals surface area contributed by atoms with E-state index in [9.17, 15) is 0 Å². The van der Waals surface area contributed by atoms with Crippen molar-refractivity contribution >= 4 is 28.0 Å². The molecule has 0 unspecified atom stereocenters. The van der Waals surface area contributed by atoms with Crippen LogP contribution in [0.25, 0.3) is 11.1 Å². The van der Waals surface area contributed by atoms with Crippen LogP contribution in [-0.4, -0.2) is 60.3 Å². The summed E-state index contributed by atoms with van der Waals surface area (Å²) in [5, 5.41) is 1.78. The minimum Gasteiger partial charge on any atom is -0.373 e. The van der Waals surface area contributed by atoms with Gasteiger partial charge in [-0.2, -0.15) is 0 Å². The molecule has 0 saturated heterocycles. The Bertz CT molecular complexity index is 1430. The Morgan fingerprint density at radius 1 is 0.333 bits per heavy atom. The lowest BCUT2D eigenvalue weighted by molar-refractivity contribution is 0.140. The van der Waals surface area contributed by atoms with Crippen molar-refractivity contribution < 1.29 is 26.6 Å². The molecule has 4 aromatic carbocycles. The van der Waals surface area contributed by atoms with Crippen LogP contribution in [0.2, 0.25) is 0 Å². The molecule has 6 nitrogen and oxygen atoms in total. The van der Waals surface area contributed by atoms with Gasteiger partial charge in [-0.25, -0.2) is 0 Å². The zero-order valence-corrected chi connectivity index (χ0v) is 26.7. The van der Waals surface area contributed by atoms with Gasteiger partial charge in [0, 0.05) is 75.3 Å². The van der Waals surface area contributed by atoms with Crippen molar-refractivity contribution in [2.75, 3.05) is 42.7 Å². The van der Waals surface area contributed by atoms with E-state index in [1.807, 2.05) is 72.8 Å². The first-order valence-corrected chi connectivity index (χ1v) is 16.7. The molecule has 214 valence electrons. The third kappa shape index (κ3) is 6.97. The summed E-state index contributed by atoms with van der Waals surface area (Å²) in [4.78, 5) is 0. The van der Waals surface area contributed by atoms with Crippen molar-refractivity contribution in [3.63, 3.8) is 0 Å². The molecule has 4 aromatic rings. The van der Waals surface area contributed by atoms with E-state index in [2.05, 4.69) is 47.9 Å². The molecule has 0 aliphatic heterocycles. The van der Waals surface area contributed by atoms with E-state index in [4.69, 9.17) is 26.6 Å². The fourth-order valence-corrected chi connectivity index (χ4v) is 8.07. The smallest absolute Gasteiger partial charge is 0.373 e. The highest BCUT2D eigenvalue weighted by Gasteiger charge is 2.41. The standard InChI is InChI=1S/C34H34O6Si2/c1-35-41(36-2,37-3)33-23-15-29(16-24-33)9-7-27-11-19-31(20-12-27)32-21-13-28(14-22-32)8-10-30-17-25-34(26-18-30)42(38-4,39-5)40-6/h11-26H,1-6H3. The van der Waals surface area contributed by atoms with Crippen LogP contribution < -0.4 is 10.4 Å². The fourth-order valence-electron chi connectivity index (χ4n) is 4.50. The molecule has 0 aliphatic rings. The van der Waals surface area contributed by atoms with Crippen molar-refractivity contribution in [1.82, 2.24) is 0 Å². The number of hydrogen-bond donors (Lipinski definition) is 0. The lowest BCUT2D eigenvalue weighted by Crippen LogP contribution is -2.54. The molecular weight excluding hydrogens is 561 g/mol. The second-order valence-corrected chi connectivity index (χ2v) is 15.0. The fraction of sp³-hybridized carbons (Fsp3) is 0.176. The Morgan fingerprint density at radius 2 is 0.548 bits per heavy atom. The highest BCUT2D eigenvalue weighted by Crippen LogP contribution is 2.20. The molecule has 0 radical (unpaired) electrons.